The number of aromatic nitrogens is 3. The lowest BCUT2D eigenvalue weighted by atomic mass is 9.96. The quantitative estimate of drug-likeness (QED) is 0.702. The van der Waals surface area contributed by atoms with E-state index in [2.05, 4.69) is 40.4 Å². The molecule has 24 heavy (non-hydrogen) atoms. The van der Waals surface area contributed by atoms with Gasteiger partial charge in [-0.1, -0.05) is 32.4 Å². The van der Waals surface area contributed by atoms with Gasteiger partial charge in [-0.25, -0.2) is 9.97 Å². The number of hydrogen-bond acceptors (Lipinski definition) is 6. The highest BCUT2D eigenvalue weighted by atomic mass is 35.5. The van der Waals surface area contributed by atoms with Crippen LogP contribution in [0.4, 0.5) is 5.13 Å². The van der Waals surface area contributed by atoms with Crippen molar-refractivity contribution in [3.05, 3.63) is 46.7 Å². The van der Waals surface area contributed by atoms with Crippen LogP contribution in [0, 0.1) is 6.92 Å². The molecule has 1 N–H and O–H groups in total. The Morgan fingerprint density at radius 1 is 1.17 bits per heavy atom. The van der Waals surface area contributed by atoms with E-state index in [0.29, 0.717) is 17.5 Å². The summed E-state index contributed by atoms with van der Waals surface area (Å²) in [5.74, 6) is 2.21. The van der Waals surface area contributed by atoms with E-state index in [0.717, 1.165) is 28.0 Å². The van der Waals surface area contributed by atoms with Crippen LogP contribution >= 0.6 is 23.1 Å². The Morgan fingerprint density at radius 2 is 1.88 bits per heavy atom. The van der Waals surface area contributed by atoms with Crippen molar-refractivity contribution in [2.45, 2.75) is 39.7 Å². The fourth-order valence-corrected chi connectivity index (χ4v) is 3.03. The molecule has 0 aliphatic rings. The fraction of sp³-hybridized carbons (Fsp3) is 0.353. The molecule has 0 bridgehead atoms. The van der Waals surface area contributed by atoms with Crippen LogP contribution in [-0.2, 0) is 12.0 Å². The SMILES string of the molecule is Cc1nc(CNc2nc(C(C)(C)C)ns2)oc1-c1ccc(Cl)cc1. The van der Waals surface area contributed by atoms with Crippen LogP contribution < -0.4 is 5.32 Å². The molecule has 126 valence electrons. The monoisotopic (exact) mass is 362 g/mol. The average Bonchev–Trinajstić information content (AvgIpc) is 3.12. The topological polar surface area (TPSA) is 63.8 Å². The third-order valence-corrected chi connectivity index (χ3v) is 4.36. The van der Waals surface area contributed by atoms with Gasteiger partial charge in [-0.2, -0.15) is 4.37 Å². The van der Waals surface area contributed by atoms with E-state index >= 15 is 0 Å². The lowest BCUT2D eigenvalue weighted by molar-refractivity contribution is 0.515. The largest absolute Gasteiger partial charge is 0.438 e. The molecule has 7 heteroatoms. The van der Waals surface area contributed by atoms with Gasteiger partial charge in [-0.05, 0) is 31.2 Å². The van der Waals surface area contributed by atoms with Crippen molar-refractivity contribution < 1.29 is 4.42 Å². The van der Waals surface area contributed by atoms with Crippen LogP contribution in [0.1, 0.15) is 38.2 Å². The minimum absolute atomic E-state index is 0.0578. The first-order valence-corrected chi connectivity index (χ1v) is 8.78. The van der Waals surface area contributed by atoms with Gasteiger partial charge in [0.2, 0.25) is 11.0 Å². The minimum atomic E-state index is -0.0578. The number of rotatable bonds is 4. The molecule has 2 heterocycles. The van der Waals surface area contributed by atoms with Crippen molar-refractivity contribution in [3.63, 3.8) is 0 Å². The highest BCUT2D eigenvalue weighted by Crippen LogP contribution is 2.27. The Bertz CT molecular complexity index is 833. The molecule has 0 unspecified atom stereocenters. The van der Waals surface area contributed by atoms with Crippen LogP contribution in [-0.4, -0.2) is 14.3 Å². The molecule has 3 rings (SSSR count). The molecule has 0 spiro atoms. The van der Waals surface area contributed by atoms with Crippen LogP contribution in [0.2, 0.25) is 5.02 Å². The van der Waals surface area contributed by atoms with Crippen LogP contribution in [0.15, 0.2) is 28.7 Å². The summed E-state index contributed by atoms with van der Waals surface area (Å²) in [6, 6.07) is 7.53. The van der Waals surface area contributed by atoms with E-state index in [9.17, 15) is 0 Å². The summed E-state index contributed by atoms with van der Waals surface area (Å²) >= 11 is 7.28. The smallest absolute Gasteiger partial charge is 0.214 e. The molecule has 0 atom stereocenters. The zero-order valence-corrected chi connectivity index (χ0v) is 15.6. The number of benzene rings is 1. The van der Waals surface area contributed by atoms with Crippen molar-refractivity contribution in [1.29, 1.82) is 0 Å². The summed E-state index contributed by atoms with van der Waals surface area (Å²) in [5.41, 5.74) is 1.75. The molecule has 5 nitrogen and oxygen atoms in total. The Labute approximate surface area is 150 Å². The normalized spacial score (nSPS) is 11.7. The zero-order valence-electron chi connectivity index (χ0n) is 14.1. The summed E-state index contributed by atoms with van der Waals surface area (Å²) in [6.45, 7) is 8.67. The van der Waals surface area contributed by atoms with Gasteiger partial charge in [0.25, 0.3) is 0 Å². The van der Waals surface area contributed by atoms with Crippen molar-refractivity contribution in [2.24, 2.45) is 0 Å². The molecule has 1 aromatic carbocycles. The molecule has 0 aliphatic carbocycles. The second-order valence-electron chi connectivity index (χ2n) is 6.56. The lowest BCUT2D eigenvalue weighted by Gasteiger charge is -2.12. The van der Waals surface area contributed by atoms with Crippen LogP contribution in [0.25, 0.3) is 11.3 Å². The molecule has 0 amide bonds. The van der Waals surface area contributed by atoms with Gasteiger partial charge in [0.1, 0.15) is 5.82 Å². The second kappa shape index (κ2) is 6.53. The van der Waals surface area contributed by atoms with Crippen LogP contribution in [0.3, 0.4) is 0 Å². The molecule has 0 saturated heterocycles. The highest BCUT2D eigenvalue weighted by molar-refractivity contribution is 7.09. The molecule has 0 fully saturated rings. The predicted molar refractivity (Wildman–Crippen MR) is 97.6 cm³/mol. The number of aryl methyl sites for hydroxylation is 1. The summed E-state index contributed by atoms with van der Waals surface area (Å²) in [5, 5.41) is 4.69. The van der Waals surface area contributed by atoms with Gasteiger partial charge >= 0.3 is 0 Å². The first-order valence-electron chi connectivity index (χ1n) is 7.63. The summed E-state index contributed by atoms with van der Waals surface area (Å²) in [4.78, 5) is 8.98. The van der Waals surface area contributed by atoms with Crippen LogP contribution in [0.5, 0.6) is 0 Å². The Hall–Kier alpha value is -1.92. The number of nitrogens with one attached hydrogen (secondary N) is 1. The van der Waals surface area contributed by atoms with Crippen molar-refractivity contribution >= 4 is 28.3 Å². The second-order valence-corrected chi connectivity index (χ2v) is 7.74. The van der Waals surface area contributed by atoms with E-state index in [1.54, 1.807) is 0 Å². The third-order valence-electron chi connectivity index (χ3n) is 3.43. The number of nitrogens with zero attached hydrogens (tertiary/aromatic N) is 3. The van der Waals surface area contributed by atoms with Crippen molar-refractivity contribution in [3.8, 4) is 11.3 Å². The molecule has 2 aromatic heterocycles. The number of oxazole rings is 1. The maximum atomic E-state index is 5.93. The maximum Gasteiger partial charge on any atom is 0.214 e. The van der Waals surface area contributed by atoms with Gasteiger partial charge in [-0.15, -0.1) is 0 Å². The molecule has 0 saturated carbocycles. The minimum Gasteiger partial charge on any atom is -0.438 e. The first-order chi connectivity index (χ1) is 11.3. The molecule has 0 radical (unpaired) electrons. The van der Waals surface area contributed by atoms with Gasteiger partial charge in [0.15, 0.2) is 5.76 Å². The number of hydrogen-bond donors (Lipinski definition) is 1. The molecule has 3 aromatic rings. The molecule has 0 aliphatic heterocycles. The van der Waals surface area contributed by atoms with Gasteiger partial charge < -0.3 is 9.73 Å². The number of anilines is 1. The zero-order chi connectivity index (χ0) is 17.3. The highest BCUT2D eigenvalue weighted by Gasteiger charge is 2.19. The Kier molecular flexibility index (Phi) is 4.60. The summed E-state index contributed by atoms with van der Waals surface area (Å²) in [7, 11) is 0. The van der Waals surface area contributed by atoms with E-state index in [1.807, 2.05) is 31.2 Å². The summed E-state index contributed by atoms with van der Waals surface area (Å²) in [6.07, 6.45) is 0. The predicted octanol–water partition coefficient (Wildman–Crippen LogP) is 5.06. The standard InChI is InChI=1S/C17H19ClN4OS/c1-10-14(11-5-7-12(18)8-6-11)23-13(20-10)9-19-16-21-15(22-24-16)17(2,3)4/h5-8H,9H2,1-4H3,(H,19,21,22). The van der Waals surface area contributed by atoms with Crippen molar-refractivity contribution in [1.82, 2.24) is 14.3 Å². The maximum absolute atomic E-state index is 5.93. The Balaban J connectivity index is 1.71. The number of halogens is 1. The first kappa shape index (κ1) is 16.9. The van der Waals surface area contributed by atoms with E-state index < -0.39 is 0 Å². The van der Waals surface area contributed by atoms with E-state index in [-0.39, 0.29) is 5.41 Å². The van der Waals surface area contributed by atoms with Gasteiger partial charge in [0, 0.05) is 27.5 Å². The van der Waals surface area contributed by atoms with Gasteiger partial charge in [-0.3, -0.25) is 0 Å². The van der Waals surface area contributed by atoms with E-state index in [1.165, 1.54) is 11.5 Å². The van der Waals surface area contributed by atoms with Gasteiger partial charge in [0.05, 0.1) is 12.2 Å². The van der Waals surface area contributed by atoms with E-state index in [4.69, 9.17) is 16.0 Å². The molecular formula is C17H19ClN4OS. The fourth-order valence-electron chi connectivity index (χ4n) is 2.15. The summed E-state index contributed by atoms with van der Waals surface area (Å²) < 4.78 is 10.3. The molecular weight excluding hydrogens is 344 g/mol. The van der Waals surface area contributed by atoms with Crippen molar-refractivity contribution in [2.75, 3.05) is 5.32 Å². The Morgan fingerprint density at radius 3 is 2.50 bits per heavy atom. The third kappa shape index (κ3) is 3.76. The average molecular weight is 363 g/mol. The lowest BCUT2D eigenvalue weighted by Crippen LogP contribution is -2.13.